The van der Waals surface area contributed by atoms with Crippen LogP contribution in [0.15, 0.2) is 83.9 Å². The fourth-order valence-corrected chi connectivity index (χ4v) is 4.71. The molecule has 0 bridgehead atoms. The molecule has 0 aliphatic rings. The van der Waals surface area contributed by atoms with Gasteiger partial charge in [-0.15, -0.1) is 0 Å². The highest BCUT2D eigenvalue weighted by molar-refractivity contribution is 7.90. The van der Waals surface area contributed by atoms with Gasteiger partial charge in [-0.3, -0.25) is 10.1 Å². The van der Waals surface area contributed by atoms with E-state index in [-0.39, 0.29) is 27.4 Å². The van der Waals surface area contributed by atoms with Crippen molar-refractivity contribution in [2.75, 3.05) is 0 Å². The molecule has 0 fully saturated rings. The second kappa shape index (κ2) is 9.81. The lowest BCUT2D eigenvalue weighted by molar-refractivity contribution is -0.384. The van der Waals surface area contributed by atoms with E-state index in [9.17, 15) is 32.8 Å². The lowest BCUT2D eigenvalue weighted by Crippen LogP contribution is -2.09. The number of halogens is 1. The number of hydrogen-bond donors (Lipinski definition) is 1. The highest BCUT2D eigenvalue weighted by atomic mass is 32.2. The van der Waals surface area contributed by atoms with E-state index in [0.717, 1.165) is 0 Å². The maximum Gasteiger partial charge on any atom is 0.335 e. The first kappa shape index (κ1) is 24.3. The average Bonchev–Trinajstić information content (AvgIpc) is 3.31. The Hall–Kier alpha value is -4.82. The van der Waals surface area contributed by atoms with Gasteiger partial charge in [-0.05, 0) is 60.7 Å². The molecule has 11 heteroatoms. The van der Waals surface area contributed by atoms with Gasteiger partial charge in [0.1, 0.15) is 5.82 Å². The number of nitro benzene ring substituents is 1. The molecule has 4 rings (SSSR count). The first-order valence-corrected chi connectivity index (χ1v) is 11.9. The topological polar surface area (TPSA) is 132 Å². The molecule has 36 heavy (non-hydrogen) atoms. The molecule has 0 atom stereocenters. The summed E-state index contributed by atoms with van der Waals surface area (Å²) in [6.07, 6.45) is 1.52. The van der Waals surface area contributed by atoms with Crippen molar-refractivity contribution in [1.29, 1.82) is 0 Å². The van der Waals surface area contributed by atoms with E-state index >= 15 is 0 Å². The van der Waals surface area contributed by atoms with E-state index in [4.69, 9.17) is 0 Å². The molecular formula is C25H16FN3O6S. The summed E-state index contributed by atoms with van der Waals surface area (Å²) in [6, 6.07) is 15.9. The molecule has 9 nitrogen and oxygen atoms in total. The van der Waals surface area contributed by atoms with Crippen LogP contribution in [0.4, 0.5) is 10.1 Å². The molecule has 1 aromatic heterocycles. The zero-order valence-corrected chi connectivity index (χ0v) is 19.1. The Labute approximate surface area is 204 Å². The zero-order valence-electron chi connectivity index (χ0n) is 18.3. The molecule has 0 aliphatic carbocycles. The fourth-order valence-electron chi connectivity index (χ4n) is 3.29. The number of carboxylic acids is 1. The molecule has 0 radical (unpaired) electrons. The van der Waals surface area contributed by atoms with Crippen molar-refractivity contribution < 1.29 is 27.6 Å². The number of carboxylic acid groups (broad SMARTS) is 1. The molecule has 180 valence electrons. The average molecular weight is 505 g/mol. The molecule has 1 N–H and O–H groups in total. The van der Waals surface area contributed by atoms with Crippen LogP contribution in [-0.4, -0.2) is 34.2 Å². The Morgan fingerprint density at radius 2 is 1.72 bits per heavy atom. The van der Waals surface area contributed by atoms with Gasteiger partial charge in [0, 0.05) is 29.5 Å². The van der Waals surface area contributed by atoms with Crippen molar-refractivity contribution in [3.05, 3.63) is 117 Å². The van der Waals surface area contributed by atoms with Crippen LogP contribution in [0.1, 0.15) is 27.2 Å². The summed E-state index contributed by atoms with van der Waals surface area (Å²) in [5, 5.41) is 24.4. The first-order chi connectivity index (χ1) is 17.1. The van der Waals surface area contributed by atoms with Gasteiger partial charge >= 0.3 is 5.97 Å². The standard InChI is InChI=1S/C25H16FN3O6S/c26-20-6-2-17(3-7-20)1-4-18-15-19(25(30)31)5-12-24(18)36(34,35)16-21-13-14-28(27-21)22-8-10-23(11-9-22)29(32)33/h2-3,5-15H,16H2,(H,30,31). The number of benzene rings is 3. The Kier molecular flexibility index (Phi) is 6.62. The maximum atomic E-state index is 13.2. The lowest BCUT2D eigenvalue weighted by atomic mass is 10.1. The smallest absolute Gasteiger partial charge is 0.335 e. The molecule has 1 heterocycles. The van der Waals surface area contributed by atoms with E-state index in [1.54, 1.807) is 0 Å². The molecule has 0 amide bonds. The minimum Gasteiger partial charge on any atom is -0.478 e. The van der Waals surface area contributed by atoms with Crippen molar-refractivity contribution in [2.45, 2.75) is 10.6 Å². The van der Waals surface area contributed by atoms with E-state index in [1.165, 1.54) is 83.7 Å². The van der Waals surface area contributed by atoms with Crippen molar-refractivity contribution >= 4 is 21.5 Å². The van der Waals surface area contributed by atoms with Crippen molar-refractivity contribution in [1.82, 2.24) is 9.78 Å². The minimum atomic E-state index is -4.00. The normalized spacial score (nSPS) is 10.9. The number of sulfone groups is 1. The summed E-state index contributed by atoms with van der Waals surface area (Å²) >= 11 is 0. The van der Waals surface area contributed by atoms with Gasteiger partial charge in [0.2, 0.25) is 0 Å². The van der Waals surface area contributed by atoms with Gasteiger partial charge in [-0.2, -0.15) is 5.10 Å². The number of non-ortho nitro benzene ring substituents is 1. The second-order valence-electron chi connectivity index (χ2n) is 7.56. The third-order valence-electron chi connectivity index (χ3n) is 5.05. The van der Waals surface area contributed by atoms with Gasteiger partial charge in [0.05, 0.1) is 32.5 Å². The van der Waals surface area contributed by atoms with Crippen LogP contribution < -0.4 is 0 Å². The highest BCUT2D eigenvalue weighted by Crippen LogP contribution is 2.22. The van der Waals surface area contributed by atoms with E-state index < -0.39 is 32.3 Å². The third kappa shape index (κ3) is 5.45. The van der Waals surface area contributed by atoms with Crippen LogP contribution in [-0.2, 0) is 15.6 Å². The molecule has 0 unspecified atom stereocenters. The summed E-state index contributed by atoms with van der Waals surface area (Å²) in [7, 11) is -4.00. The SMILES string of the molecule is O=C(O)c1ccc(S(=O)(=O)Cc2ccn(-c3ccc([N+](=O)[O-])cc3)n2)c(C#Cc2ccc(F)cc2)c1. The number of hydrogen-bond acceptors (Lipinski definition) is 6. The molecule has 3 aromatic carbocycles. The van der Waals surface area contributed by atoms with Crippen LogP contribution in [0.3, 0.4) is 0 Å². The minimum absolute atomic E-state index is 0.0194. The van der Waals surface area contributed by atoms with Gasteiger partial charge < -0.3 is 5.11 Å². The molecular weight excluding hydrogens is 489 g/mol. The predicted molar refractivity (Wildman–Crippen MR) is 127 cm³/mol. The molecule has 4 aromatic rings. The number of carbonyl (C=O) groups is 1. The highest BCUT2D eigenvalue weighted by Gasteiger charge is 2.22. The second-order valence-corrected chi connectivity index (χ2v) is 9.52. The number of nitro groups is 1. The first-order valence-electron chi connectivity index (χ1n) is 10.3. The van der Waals surface area contributed by atoms with Crippen LogP contribution in [0, 0.1) is 27.8 Å². The van der Waals surface area contributed by atoms with Crippen LogP contribution in [0.5, 0.6) is 0 Å². The van der Waals surface area contributed by atoms with Gasteiger partial charge in [0.15, 0.2) is 9.84 Å². The van der Waals surface area contributed by atoms with E-state index in [0.29, 0.717) is 11.3 Å². The summed E-state index contributed by atoms with van der Waals surface area (Å²) in [6.45, 7) is 0. The van der Waals surface area contributed by atoms with Crippen LogP contribution >= 0.6 is 0 Å². The maximum absolute atomic E-state index is 13.2. The Bertz CT molecular complexity index is 1630. The summed E-state index contributed by atoms with van der Waals surface area (Å²) in [5.74, 6) is 3.22. The van der Waals surface area contributed by atoms with E-state index in [1.807, 2.05) is 0 Å². The van der Waals surface area contributed by atoms with Gasteiger partial charge in [0.25, 0.3) is 5.69 Å². The quantitative estimate of drug-likeness (QED) is 0.238. The number of aromatic nitrogens is 2. The molecule has 0 aliphatic heterocycles. The van der Waals surface area contributed by atoms with Crippen LogP contribution in [0.2, 0.25) is 0 Å². The summed E-state index contributed by atoms with van der Waals surface area (Å²) < 4.78 is 41.0. The van der Waals surface area contributed by atoms with E-state index in [2.05, 4.69) is 16.9 Å². The molecule has 0 saturated heterocycles. The fraction of sp³-hybridized carbons (Fsp3) is 0.0400. The van der Waals surface area contributed by atoms with Gasteiger partial charge in [-0.25, -0.2) is 22.3 Å². The zero-order chi connectivity index (χ0) is 25.9. The Morgan fingerprint density at radius 3 is 2.36 bits per heavy atom. The monoisotopic (exact) mass is 505 g/mol. The number of rotatable bonds is 6. The van der Waals surface area contributed by atoms with Crippen LogP contribution in [0.25, 0.3) is 5.69 Å². The molecule has 0 saturated carbocycles. The van der Waals surface area contributed by atoms with Crippen molar-refractivity contribution in [3.63, 3.8) is 0 Å². The number of aromatic carboxylic acids is 1. The largest absolute Gasteiger partial charge is 0.478 e. The molecule has 0 spiro atoms. The van der Waals surface area contributed by atoms with Crippen molar-refractivity contribution in [3.8, 4) is 17.5 Å². The Morgan fingerprint density at radius 1 is 1.03 bits per heavy atom. The summed E-state index contributed by atoms with van der Waals surface area (Å²) in [5.41, 5.74) is 0.873. The van der Waals surface area contributed by atoms with Crippen molar-refractivity contribution in [2.24, 2.45) is 0 Å². The third-order valence-corrected chi connectivity index (χ3v) is 6.76. The Balaban J connectivity index is 1.65. The summed E-state index contributed by atoms with van der Waals surface area (Å²) in [4.78, 5) is 21.5. The predicted octanol–water partition coefficient (Wildman–Crippen LogP) is 3.99. The number of nitrogens with zero attached hydrogens (tertiary/aromatic N) is 3. The lowest BCUT2D eigenvalue weighted by Gasteiger charge is -2.07. The van der Waals surface area contributed by atoms with Gasteiger partial charge in [-0.1, -0.05) is 11.8 Å².